The van der Waals surface area contributed by atoms with E-state index in [1.165, 1.54) is 5.57 Å². The first kappa shape index (κ1) is 38.3. The summed E-state index contributed by atoms with van der Waals surface area (Å²) in [6.45, 7) is 22.7. The number of carbonyl (C=O) groups excluding carboxylic acids is 3. The van der Waals surface area contributed by atoms with Crippen molar-refractivity contribution in [3.05, 3.63) is 28.6 Å². The van der Waals surface area contributed by atoms with Gasteiger partial charge >= 0.3 is 11.9 Å². The van der Waals surface area contributed by atoms with Gasteiger partial charge in [-0.05, 0) is 122 Å². The van der Waals surface area contributed by atoms with Gasteiger partial charge in [-0.25, -0.2) is 0 Å². The summed E-state index contributed by atoms with van der Waals surface area (Å²) in [5.41, 5.74) is 3.02. The number of aromatic amines is 1. The smallest absolute Gasteiger partial charge is 0.309 e. The van der Waals surface area contributed by atoms with Crippen LogP contribution in [-0.2, 0) is 30.5 Å². The van der Waals surface area contributed by atoms with Crippen molar-refractivity contribution in [2.45, 2.75) is 153 Å². The summed E-state index contributed by atoms with van der Waals surface area (Å²) in [6.07, 6.45) is 8.95. The molecule has 7 rings (SSSR count). The highest BCUT2D eigenvalue weighted by atomic mass is 16.5. The number of allylic oxidation sites excluding steroid dienone is 2. The van der Waals surface area contributed by atoms with Crippen molar-refractivity contribution in [2.24, 2.45) is 68.0 Å². The molecule has 292 valence electrons. The fourth-order valence-corrected chi connectivity index (χ4v) is 14.2. The molecule has 3 N–H and O–H groups in total. The van der Waals surface area contributed by atoms with Gasteiger partial charge in [-0.1, -0.05) is 67.9 Å². The van der Waals surface area contributed by atoms with Crippen molar-refractivity contribution in [2.75, 3.05) is 0 Å². The van der Waals surface area contributed by atoms with Gasteiger partial charge in [0.1, 0.15) is 6.10 Å². The molecule has 0 spiro atoms. The minimum Gasteiger partial charge on any atom is -0.481 e. The molecule has 1 aromatic heterocycles. The van der Waals surface area contributed by atoms with Crippen molar-refractivity contribution in [1.82, 2.24) is 15.5 Å². The van der Waals surface area contributed by atoms with Gasteiger partial charge in [0.2, 0.25) is 5.91 Å². The predicted molar refractivity (Wildman–Crippen MR) is 202 cm³/mol. The molecule has 6 aliphatic carbocycles. The van der Waals surface area contributed by atoms with Gasteiger partial charge in [0.25, 0.3) is 0 Å². The van der Waals surface area contributed by atoms with Gasteiger partial charge < -0.3 is 15.2 Å². The lowest BCUT2D eigenvalue weighted by atomic mass is 9.33. The SMILES string of the molecule is Cc1cc(CNC(=O)C[C@@]23CC[C@]4(C)[C@H](CC[C@@H]5[C@@]6(C)CC[C@H](OC(=O)[C@H]7C[C@@H](C(=O)O)C7(C)C)C(C)(C)[C@@H]6CC[C@]54C)C2=C(C(C)C)C(=O)C3)n[nH]1. The lowest BCUT2D eigenvalue weighted by Crippen LogP contribution is -2.66. The van der Waals surface area contributed by atoms with E-state index < -0.39 is 22.7 Å². The fourth-order valence-electron chi connectivity index (χ4n) is 14.2. The number of rotatable bonds is 8. The molecule has 0 aromatic carbocycles. The average Bonchev–Trinajstić information content (AvgIpc) is 3.60. The Morgan fingerprint density at radius 1 is 0.925 bits per heavy atom. The van der Waals surface area contributed by atoms with Crippen molar-refractivity contribution in [1.29, 1.82) is 0 Å². The first-order chi connectivity index (χ1) is 24.6. The Morgan fingerprint density at radius 2 is 1.64 bits per heavy atom. The van der Waals surface area contributed by atoms with E-state index in [0.717, 1.165) is 68.3 Å². The van der Waals surface area contributed by atoms with E-state index in [0.29, 0.717) is 37.6 Å². The van der Waals surface area contributed by atoms with Gasteiger partial charge in [-0.2, -0.15) is 5.10 Å². The number of ketones is 1. The second kappa shape index (κ2) is 12.5. The van der Waals surface area contributed by atoms with Crippen LogP contribution in [-0.4, -0.2) is 45.0 Å². The minimum absolute atomic E-state index is 0.000235. The zero-order chi connectivity index (χ0) is 38.7. The molecule has 0 aliphatic heterocycles. The number of hydrogen-bond donors (Lipinski definition) is 3. The van der Waals surface area contributed by atoms with E-state index in [2.05, 4.69) is 64.0 Å². The van der Waals surface area contributed by atoms with Crippen molar-refractivity contribution in [3.8, 4) is 0 Å². The number of hydrogen-bond acceptors (Lipinski definition) is 6. The maximum atomic E-state index is 14.0. The zero-order valence-corrected chi connectivity index (χ0v) is 34.0. The number of esters is 1. The molecule has 9 heteroatoms. The highest BCUT2D eigenvalue weighted by Gasteiger charge is 2.70. The summed E-state index contributed by atoms with van der Waals surface area (Å²) in [5.74, 6) is -0.411. The summed E-state index contributed by atoms with van der Waals surface area (Å²) < 4.78 is 6.41. The van der Waals surface area contributed by atoms with Gasteiger partial charge in [0.15, 0.2) is 5.78 Å². The highest BCUT2D eigenvalue weighted by Crippen LogP contribution is 2.77. The number of aromatic nitrogens is 2. The number of Topliss-reactive ketones (excluding diaryl/α,β-unsaturated/α-hetero) is 1. The molecule has 1 amide bonds. The lowest BCUT2D eigenvalue weighted by molar-refractivity contribution is -0.236. The van der Waals surface area contributed by atoms with Crippen LogP contribution in [0, 0.1) is 74.9 Å². The van der Waals surface area contributed by atoms with Crippen LogP contribution in [0.1, 0.15) is 144 Å². The summed E-state index contributed by atoms with van der Waals surface area (Å²) in [4.78, 5) is 53.0. The average molecular weight is 732 g/mol. The van der Waals surface area contributed by atoms with E-state index >= 15 is 0 Å². The molecule has 6 aliphatic rings. The first-order valence-electron chi connectivity index (χ1n) is 20.6. The number of nitrogens with one attached hydrogen (secondary N) is 2. The number of aryl methyl sites for hydroxylation is 1. The predicted octanol–water partition coefficient (Wildman–Crippen LogP) is 8.36. The van der Waals surface area contributed by atoms with Crippen LogP contribution in [0.5, 0.6) is 0 Å². The monoisotopic (exact) mass is 731 g/mol. The van der Waals surface area contributed by atoms with E-state index in [9.17, 15) is 24.3 Å². The van der Waals surface area contributed by atoms with E-state index in [1.54, 1.807) is 0 Å². The van der Waals surface area contributed by atoms with Gasteiger partial charge in [0, 0.05) is 29.4 Å². The summed E-state index contributed by atoms with van der Waals surface area (Å²) in [5, 5.41) is 20.0. The van der Waals surface area contributed by atoms with Crippen LogP contribution < -0.4 is 5.32 Å². The number of aliphatic carboxylic acids is 1. The molecular weight excluding hydrogens is 666 g/mol. The molecule has 0 radical (unpaired) electrons. The molecule has 1 aromatic rings. The molecular formula is C44H65N3O6. The number of carboxylic acid groups (broad SMARTS) is 1. The number of ether oxygens (including phenoxy) is 1. The highest BCUT2D eigenvalue weighted by molar-refractivity contribution is 6.01. The third-order valence-electron chi connectivity index (χ3n) is 17.3. The zero-order valence-electron chi connectivity index (χ0n) is 34.0. The number of fused-ring (bicyclic) bond motifs is 7. The maximum absolute atomic E-state index is 14.0. The largest absolute Gasteiger partial charge is 0.481 e. The molecule has 0 bridgehead atoms. The van der Waals surface area contributed by atoms with E-state index in [-0.39, 0.29) is 63.2 Å². The van der Waals surface area contributed by atoms with Crippen molar-refractivity contribution < 1.29 is 29.0 Å². The second-order valence-electron chi connectivity index (χ2n) is 20.8. The number of amides is 1. The molecule has 1 heterocycles. The standard InChI is InChI=1S/C44H65N3O6/c1-24(2)35-30(48)21-44(22-34(49)45-23-26-19-25(3)46-47-26)18-17-42(9)27(36(35)44)11-12-32-41(8)15-14-33(40(6,7)31(41)13-16-43(32,42)10)53-38(52)29-20-28(37(50)51)39(29,4)5/h19,24,27-29,31-33H,11-18,20-23H2,1-10H3,(H,45,49)(H,46,47)(H,50,51)/t27-,28+,29-,31+,32-,33+,41+,42-,43-,44+/m1/s1. The van der Waals surface area contributed by atoms with Crippen LogP contribution in [0.3, 0.4) is 0 Å². The number of nitrogens with zero attached hydrogens (tertiary/aromatic N) is 1. The maximum Gasteiger partial charge on any atom is 0.309 e. The van der Waals surface area contributed by atoms with E-state index in [4.69, 9.17) is 4.74 Å². The molecule has 0 saturated heterocycles. The van der Waals surface area contributed by atoms with Crippen LogP contribution in [0.15, 0.2) is 17.2 Å². The Hall–Kier alpha value is -2.97. The van der Waals surface area contributed by atoms with Crippen LogP contribution >= 0.6 is 0 Å². The van der Waals surface area contributed by atoms with Gasteiger partial charge in [-0.3, -0.25) is 24.3 Å². The molecule has 5 saturated carbocycles. The van der Waals surface area contributed by atoms with Crippen molar-refractivity contribution >= 4 is 23.6 Å². The minimum atomic E-state index is -0.830. The van der Waals surface area contributed by atoms with Gasteiger partial charge in [-0.15, -0.1) is 0 Å². The number of H-pyrrole nitrogens is 1. The number of carboxylic acids is 1. The summed E-state index contributed by atoms with van der Waals surface area (Å²) >= 11 is 0. The van der Waals surface area contributed by atoms with Gasteiger partial charge in [0.05, 0.1) is 24.1 Å². The molecule has 9 nitrogen and oxygen atoms in total. The van der Waals surface area contributed by atoms with E-state index in [1.807, 2.05) is 26.8 Å². The Morgan fingerprint density at radius 3 is 2.26 bits per heavy atom. The normalized spacial score (nSPS) is 41.1. The Balaban J connectivity index is 1.13. The number of carbonyl (C=O) groups is 4. The topological polar surface area (TPSA) is 138 Å². The second-order valence-corrected chi connectivity index (χ2v) is 20.8. The Kier molecular flexibility index (Phi) is 9.05. The van der Waals surface area contributed by atoms with Crippen LogP contribution in [0.2, 0.25) is 0 Å². The lowest BCUT2D eigenvalue weighted by Gasteiger charge is -2.72. The fraction of sp³-hybridized carbons (Fsp3) is 0.795. The molecule has 10 atom stereocenters. The Bertz CT molecular complexity index is 1740. The molecule has 0 unspecified atom stereocenters. The first-order valence-corrected chi connectivity index (χ1v) is 20.6. The summed E-state index contributed by atoms with van der Waals surface area (Å²) in [6, 6.07) is 1.95. The molecule has 5 fully saturated rings. The quantitative estimate of drug-likeness (QED) is 0.229. The van der Waals surface area contributed by atoms with Crippen LogP contribution in [0.4, 0.5) is 0 Å². The molecule has 53 heavy (non-hydrogen) atoms. The van der Waals surface area contributed by atoms with Crippen LogP contribution in [0.25, 0.3) is 0 Å². The third kappa shape index (κ3) is 5.53. The third-order valence-corrected chi connectivity index (χ3v) is 17.3. The van der Waals surface area contributed by atoms with Crippen molar-refractivity contribution in [3.63, 3.8) is 0 Å². The Labute approximate surface area is 316 Å². The summed E-state index contributed by atoms with van der Waals surface area (Å²) in [7, 11) is 0.